The van der Waals surface area contributed by atoms with Gasteiger partial charge in [-0.15, -0.1) is 0 Å². The normalized spacial score (nSPS) is 9.43. The zero-order valence-corrected chi connectivity index (χ0v) is 12.2. The molecule has 4 heteroatoms. The average Bonchev–Trinajstić information content (AvgIpc) is 2.52. The second kappa shape index (κ2) is 7.37. The van der Waals surface area contributed by atoms with Gasteiger partial charge in [-0.2, -0.15) is 0 Å². The molecule has 106 valence electrons. The van der Waals surface area contributed by atoms with Gasteiger partial charge in [0.15, 0.2) is 6.29 Å². The van der Waals surface area contributed by atoms with E-state index < -0.39 is 0 Å². The van der Waals surface area contributed by atoms with Gasteiger partial charge in [-0.1, -0.05) is 35.6 Å². The van der Waals surface area contributed by atoms with Crippen LogP contribution < -0.4 is 9.47 Å². The van der Waals surface area contributed by atoms with Gasteiger partial charge in [-0.25, -0.2) is 0 Å². The van der Waals surface area contributed by atoms with Crippen molar-refractivity contribution in [1.29, 1.82) is 0 Å². The lowest BCUT2D eigenvalue weighted by atomic mass is 10.2. The van der Waals surface area contributed by atoms with Crippen LogP contribution in [0.15, 0.2) is 42.5 Å². The molecule has 21 heavy (non-hydrogen) atoms. The van der Waals surface area contributed by atoms with Crippen molar-refractivity contribution in [2.45, 2.75) is 0 Å². The second-order valence-corrected chi connectivity index (χ2v) is 4.53. The minimum absolute atomic E-state index is 0.167. The quantitative estimate of drug-likeness (QED) is 0.639. The second-order valence-electron chi connectivity index (χ2n) is 4.09. The first-order chi connectivity index (χ1) is 10.2. The van der Waals surface area contributed by atoms with E-state index in [-0.39, 0.29) is 6.61 Å². The number of hydrogen-bond acceptors (Lipinski definition) is 3. The first-order valence-electron chi connectivity index (χ1n) is 6.24. The topological polar surface area (TPSA) is 35.5 Å². The molecule has 0 aromatic heterocycles. The number of benzene rings is 2. The third-order valence-corrected chi connectivity index (χ3v) is 2.96. The van der Waals surface area contributed by atoms with Crippen LogP contribution in [0.3, 0.4) is 0 Å². The summed E-state index contributed by atoms with van der Waals surface area (Å²) < 4.78 is 10.7. The molecule has 0 aliphatic rings. The van der Waals surface area contributed by atoms with Gasteiger partial charge in [0.05, 0.1) is 18.2 Å². The summed E-state index contributed by atoms with van der Waals surface area (Å²) in [6.45, 7) is 0.167. The number of methoxy groups -OCH3 is 1. The van der Waals surface area contributed by atoms with Crippen LogP contribution in [0.5, 0.6) is 11.5 Å². The monoisotopic (exact) mass is 300 g/mol. The molecule has 3 nitrogen and oxygen atoms in total. The van der Waals surface area contributed by atoms with E-state index in [0.29, 0.717) is 28.4 Å². The van der Waals surface area contributed by atoms with Gasteiger partial charge in [0.25, 0.3) is 0 Å². The van der Waals surface area contributed by atoms with Crippen LogP contribution in [-0.4, -0.2) is 20.0 Å². The van der Waals surface area contributed by atoms with E-state index in [9.17, 15) is 4.79 Å². The zero-order chi connectivity index (χ0) is 15.1. The number of aldehydes is 1. The highest BCUT2D eigenvalue weighted by Crippen LogP contribution is 2.21. The van der Waals surface area contributed by atoms with Crippen molar-refractivity contribution in [1.82, 2.24) is 0 Å². The smallest absolute Gasteiger partial charge is 0.153 e. The van der Waals surface area contributed by atoms with Crippen LogP contribution in [0.25, 0.3) is 0 Å². The molecule has 0 unspecified atom stereocenters. The number of ether oxygens (including phenoxy) is 2. The molecule has 0 aliphatic carbocycles. The van der Waals surface area contributed by atoms with E-state index in [1.807, 2.05) is 24.3 Å². The van der Waals surface area contributed by atoms with Gasteiger partial charge in [0.1, 0.15) is 18.1 Å². The van der Waals surface area contributed by atoms with E-state index >= 15 is 0 Å². The van der Waals surface area contributed by atoms with Crippen LogP contribution in [-0.2, 0) is 0 Å². The number of hydrogen-bond donors (Lipinski definition) is 0. The molecule has 2 aromatic carbocycles. The average molecular weight is 301 g/mol. The minimum atomic E-state index is 0.167. The fraction of sp³-hybridized carbons (Fsp3) is 0.118. The summed E-state index contributed by atoms with van der Waals surface area (Å²) in [6.07, 6.45) is 0.703. The van der Waals surface area contributed by atoms with Crippen LogP contribution in [0.4, 0.5) is 0 Å². The van der Waals surface area contributed by atoms with Crippen molar-refractivity contribution < 1.29 is 14.3 Å². The molecule has 0 aliphatic heterocycles. The van der Waals surface area contributed by atoms with Crippen molar-refractivity contribution in [3.05, 3.63) is 58.6 Å². The summed E-state index contributed by atoms with van der Waals surface area (Å²) in [4.78, 5) is 10.9. The number of carbonyl (C=O) groups excluding carboxylic acids is 1. The Bertz CT molecular complexity index is 699. The highest BCUT2D eigenvalue weighted by Gasteiger charge is 2.03. The lowest BCUT2D eigenvalue weighted by Gasteiger charge is -2.05. The van der Waals surface area contributed by atoms with Crippen LogP contribution >= 0.6 is 11.6 Å². The lowest BCUT2D eigenvalue weighted by Crippen LogP contribution is -1.97. The maximum atomic E-state index is 10.9. The number of para-hydroxylation sites is 1. The van der Waals surface area contributed by atoms with Crippen molar-refractivity contribution in [2.75, 3.05) is 13.7 Å². The Labute approximate surface area is 128 Å². The largest absolute Gasteiger partial charge is 0.495 e. The standard InChI is InChI=1S/C17H13ClO3/c1-20-16-7-3-2-5-13(16)6-4-10-21-17-9-8-15(18)11-14(17)12-19/h2-3,5,7-9,11-12H,10H2,1H3. The maximum Gasteiger partial charge on any atom is 0.153 e. The molecule has 0 N–H and O–H groups in total. The number of carbonyl (C=O) groups is 1. The van der Waals surface area contributed by atoms with Crippen LogP contribution in [0.1, 0.15) is 15.9 Å². The van der Waals surface area contributed by atoms with Gasteiger partial charge in [0, 0.05) is 5.02 Å². The molecule has 0 atom stereocenters. The molecule has 0 spiro atoms. The van der Waals surface area contributed by atoms with Gasteiger partial charge in [-0.3, -0.25) is 4.79 Å². The van der Waals surface area contributed by atoms with Crippen molar-refractivity contribution in [2.24, 2.45) is 0 Å². The Morgan fingerprint density at radius 3 is 2.76 bits per heavy atom. The van der Waals surface area contributed by atoms with Crippen LogP contribution in [0, 0.1) is 11.8 Å². The number of rotatable bonds is 4. The molecule has 0 heterocycles. The minimum Gasteiger partial charge on any atom is -0.495 e. The summed E-state index contributed by atoms with van der Waals surface area (Å²) in [6, 6.07) is 12.3. The summed E-state index contributed by atoms with van der Waals surface area (Å²) in [5, 5.41) is 0.490. The summed E-state index contributed by atoms with van der Waals surface area (Å²) in [7, 11) is 1.60. The molecule has 2 aromatic rings. The van der Waals surface area contributed by atoms with E-state index in [0.717, 1.165) is 5.56 Å². The Kier molecular flexibility index (Phi) is 5.25. The van der Waals surface area contributed by atoms with E-state index in [4.69, 9.17) is 21.1 Å². The third-order valence-electron chi connectivity index (χ3n) is 2.73. The predicted molar refractivity (Wildman–Crippen MR) is 82.2 cm³/mol. The van der Waals surface area contributed by atoms with E-state index in [1.165, 1.54) is 0 Å². The molecule has 0 bridgehead atoms. The fourth-order valence-electron chi connectivity index (χ4n) is 1.74. The Hall–Kier alpha value is -2.44. The van der Waals surface area contributed by atoms with Crippen molar-refractivity contribution >= 4 is 17.9 Å². The van der Waals surface area contributed by atoms with Crippen molar-refractivity contribution in [3.8, 4) is 23.3 Å². The Morgan fingerprint density at radius 1 is 1.19 bits per heavy atom. The predicted octanol–water partition coefficient (Wildman–Crippen LogP) is 3.59. The van der Waals surface area contributed by atoms with Crippen molar-refractivity contribution in [3.63, 3.8) is 0 Å². The first-order valence-corrected chi connectivity index (χ1v) is 6.62. The molecule has 0 saturated carbocycles. The number of halogens is 1. The van der Waals surface area contributed by atoms with Gasteiger partial charge < -0.3 is 9.47 Å². The van der Waals surface area contributed by atoms with E-state index in [2.05, 4.69) is 11.8 Å². The lowest BCUT2D eigenvalue weighted by molar-refractivity contribution is 0.112. The molecule has 0 fully saturated rings. The first kappa shape index (κ1) is 15.0. The molecular formula is C17H13ClO3. The Morgan fingerprint density at radius 2 is 2.00 bits per heavy atom. The molecular weight excluding hydrogens is 288 g/mol. The SMILES string of the molecule is COc1ccccc1C#CCOc1ccc(Cl)cc1C=O. The highest BCUT2D eigenvalue weighted by atomic mass is 35.5. The Balaban J connectivity index is 2.05. The highest BCUT2D eigenvalue weighted by molar-refractivity contribution is 6.30. The van der Waals surface area contributed by atoms with Gasteiger partial charge in [0.2, 0.25) is 0 Å². The zero-order valence-electron chi connectivity index (χ0n) is 11.4. The van der Waals surface area contributed by atoms with Gasteiger partial charge in [-0.05, 0) is 30.3 Å². The molecule has 2 rings (SSSR count). The molecule has 0 radical (unpaired) electrons. The van der Waals surface area contributed by atoms with E-state index in [1.54, 1.807) is 25.3 Å². The summed E-state index contributed by atoms with van der Waals surface area (Å²) in [5.41, 5.74) is 1.19. The summed E-state index contributed by atoms with van der Waals surface area (Å²) in [5.74, 6) is 7.03. The van der Waals surface area contributed by atoms with Crippen LogP contribution in [0.2, 0.25) is 5.02 Å². The molecule has 0 saturated heterocycles. The summed E-state index contributed by atoms with van der Waals surface area (Å²) >= 11 is 5.81. The fourth-order valence-corrected chi connectivity index (χ4v) is 1.92. The molecule has 0 amide bonds. The third kappa shape index (κ3) is 4.01. The maximum absolute atomic E-state index is 10.9. The van der Waals surface area contributed by atoms with Gasteiger partial charge >= 0.3 is 0 Å².